The van der Waals surface area contributed by atoms with Gasteiger partial charge in [0.2, 0.25) is 0 Å². The predicted octanol–water partition coefficient (Wildman–Crippen LogP) is 1.43. The summed E-state index contributed by atoms with van der Waals surface area (Å²) in [6.45, 7) is 2.32. The van der Waals surface area contributed by atoms with Gasteiger partial charge in [0.05, 0.1) is 18.5 Å². The Bertz CT molecular complexity index is 142. The van der Waals surface area contributed by atoms with E-state index in [1.807, 2.05) is 11.8 Å². The third kappa shape index (κ3) is 2.47. The van der Waals surface area contributed by atoms with Crippen LogP contribution in [0.3, 0.4) is 0 Å². The van der Waals surface area contributed by atoms with Crippen molar-refractivity contribution in [3.05, 3.63) is 10.4 Å². The summed E-state index contributed by atoms with van der Waals surface area (Å²) in [5.74, 6) is 0.915. The van der Waals surface area contributed by atoms with Gasteiger partial charge in [-0.2, -0.15) is 11.8 Å². The SMILES string of the molecule is [N-]=[N+]=NCCSC1COC1. The van der Waals surface area contributed by atoms with Crippen molar-refractivity contribution in [1.82, 2.24) is 0 Å². The second-order valence-electron chi connectivity index (χ2n) is 1.98. The summed E-state index contributed by atoms with van der Waals surface area (Å²) >= 11 is 1.81. The lowest BCUT2D eigenvalue weighted by Crippen LogP contribution is -2.30. The van der Waals surface area contributed by atoms with Gasteiger partial charge in [0.25, 0.3) is 0 Å². The van der Waals surface area contributed by atoms with Gasteiger partial charge >= 0.3 is 0 Å². The highest BCUT2D eigenvalue weighted by Gasteiger charge is 2.17. The van der Waals surface area contributed by atoms with Crippen LogP contribution in [0.25, 0.3) is 10.4 Å². The minimum absolute atomic E-state index is 0.595. The summed E-state index contributed by atoms with van der Waals surface area (Å²) in [6, 6.07) is 0. The summed E-state index contributed by atoms with van der Waals surface area (Å²) in [7, 11) is 0. The average molecular weight is 159 g/mol. The van der Waals surface area contributed by atoms with Crippen LogP contribution in [0.4, 0.5) is 0 Å². The van der Waals surface area contributed by atoms with Crippen molar-refractivity contribution < 1.29 is 4.74 Å². The molecule has 0 bridgehead atoms. The van der Waals surface area contributed by atoms with Gasteiger partial charge in [0, 0.05) is 11.5 Å². The van der Waals surface area contributed by atoms with Crippen LogP contribution < -0.4 is 0 Å². The Kier molecular flexibility index (Phi) is 3.43. The van der Waals surface area contributed by atoms with Crippen molar-refractivity contribution in [1.29, 1.82) is 0 Å². The fraction of sp³-hybridized carbons (Fsp3) is 1.00. The first-order valence-electron chi connectivity index (χ1n) is 3.13. The van der Waals surface area contributed by atoms with Gasteiger partial charge < -0.3 is 4.74 Å². The zero-order chi connectivity index (χ0) is 7.23. The van der Waals surface area contributed by atoms with E-state index in [1.54, 1.807) is 0 Å². The largest absolute Gasteiger partial charge is 0.379 e. The topological polar surface area (TPSA) is 58.0 Å². The van der Waals surface area contributed by atoms with Crippen molar-refractivity contribution in [2.45, 2.75) is 5.25 Å². The van der Waals surface area contributed by atoms with Crippen LogP contribution in [0, 0.1) is 0 Å². The van der Waals surface area contributed by atoms with Crippen LogP contribution in [0.15, 0.2) is 5.11 Å². The van der Waals surface area contributed by atoms with Crippen LogP contribution in [0.2, 0.25) is 0 Å². The Morgan fingerprint density at radius 2 is 2.50 bits per heavy atom. The Balaban J connectivity index is 1.89. The molecule has 0 aromatic carbocycles. The van der Waals surface area contributed by atoms with E-state index in [0.717, 1.165) is 19.0 Å². The quantitative estimate of drug-likeness (QED) is 0.269. The van der Waals surface area contributed by atoms with Crippen LogP contribution in [0.1, 0.15) is 0 Å². The fourth-order valence-corrected chi connectivity index (χ4v) is 1.52. The number of hydrogen-bond acceptors (Lipinski definition) is 3. The molecule has 1 fully saturated rings. The third-order valence-electron chi connectivity index (χ3n) is 1.22. The molecule has 56 valence electrons. The Morgan fingerprint density at radius 1 is 1.70 bits per heavy atom. The van der Waals surface area contributed by atoms with Crippen LogP contribution >= 0.6 is 11.8 Å². The minimum Gasteiger partial charge on any atom is -0.379 e. The van der Waals surface area contributed by atoms with E-state index in [0.29, 0.717) is 11.8 Å². The maximum absolute atomic E-state index is 7.93. The van der Waals surface area contributed by atoms with Gasteiger partial charge in [-0.1, -0.05) is 5.11 Å². The van der Waals surface area contributed by atoms with E-state index in [9.17, 15) is 0 Å². The highest BCUT2D eigenvalue weighted by Crippen LogP contribution is 2.18. The number of nitrogens with zero attached hydrogens (tertiary/aromatic N) is 3. The highest BCUT2D eigenvalue weighted by atomic mass is 32.2. The molecule has 1 aliphatic heterocycles. The lowest BCUT2D eigenvalue weighted by atomic mass is 10.4. The van der Waals surface area contributed by atoms with Gasteiger partial charge in [0.15, 0.2) is 0 Å². The molecule has 1 rings (SSSR count). The molecule has 10 heavy (non-hydrogen) atoms. The molecule has 0 atom stereocenters. The normalized spacial score (nSPS) is 17.6. The van der Waals surface area contributed by atoms with Gasteiger partial charge in [-0.05, 0) is 11.3 Å². The molecule has 1 heterocycles. The van der Waals surface area contributed by atoms with E-state index in [2.05, 4.69) is 10.0 Å². The molecule has 0 aromatic heterocycles. The Morgan fingerprint density at radius 3 is 3.00 bits per heavy atom. The summed E-state index contributed by atoms with van der Waals surface area (Å²) in [4.78, 5) is 2.66. The molecule has 0 aromatic rings. The molecule has 0 unspecified atom stereocenters. The summed E-state index contributed by atoms with van der Waals surface area (Å²) < 4.78 is 4.97. The lowest BCUT2D eigenvalue weighted by molar-refractivity contribution is 0.0455. The smallest absolute Gasteiger partial charge is 0.0607 e. The molecule has 0 aliphatic carbocycles. The number of ether oxygens (including phenoxy) is 1. The molecule has 5 heteroatoms. The first-order chi connectivity index (χ1) is 4.93. The molecule has 0 radical (unpaired) electrons. The van der Waals surface area contributed by atoms with Crippen molar-refractivity contribution >= 4 is 11.8 Å². The second kappa shape index (κ2) is 4.44. The molecular formula is C5H9N3OS. The zero-order valence-electron chi connectivity index (χ0n) is 5.56. The maximum atomic E-state index is 7.93. The lowest BCUT2D eigenvalue weighted by Gasteiger charge is -2.24. The van der Waals surface area contributed by atoms with Crippen LogP contribution in [-0.2, 0) is 4.74 Å². The van der Waals surface area contributed by atoms with Crippen LogP contribution in [0.5, 0.6) is 0 Å². The highest BCUT2D eigenvalue weighted by molar-refractivity contribution is 8.00. The summed E-state index contributed by atoms with van der Waals surface area (Å²) in [5, 5.41) is 4.07. The van der Waals surface area contributed by atoms with Crippen molar-refractivity contribution in [3.8, 4) is 0 Å². The number of rotatable bonds is 4. The van der Waals surface area contributed by atoms with Gasteiger partial charge in [0.1, 0.15) is 0 Å². The monoisotopic (exact) mass is 159 g/mol. The predicted molar refractivity (Wildman–Crippen MR) is 41.1 cm³/mol. The molecule has 0 spiro atoms. The number of hydrogen-bond donors (Lipinski definition) is 0. The molecule has 0 N–H and O–H groups in total. The van der Waals surface area contributed by atoms with E-state index >= 15 is 0 Å². The minimum atomic E-state index is 0.595. The number of azide groups is 1. The Hall–Kier alpha value is -0.380. The van der Waals surface area contributed by atoms with Crippen molar-refractivity contribution in [2.24, 2.45) is 5.11 Å². The van der Waals surface area contributed by atoms with E-state index in [1.165, 1.54) is 0 Å². The molecule has 0 saturated carbocycles. The average Bonchev–Trinajstić information content (AvgIpc) is 1.84. The Labute approximate surface area is 63.6 Å². The molecule has 1 saturated heterocycles. The van der Waals surface area contributed by atoms with E-state index in [4.69, 9.17) is 10.3 Å². The third-order valence-corrected chi connectivity index (χ3v) is 2.38. The van der Waals surface area contributed by atoms with Gasteiger partial charge in [-0.25, -0.2) is 0 Å². The molecular weight excluding hydrogens is 150 g/mol. The first-order valence-corrected chi connectivity index (χ1v) is 4.18. The molecule has 4 nitrogen and oxygen atoms in total. The van der Waals surface area contributed by atoms with Crippen molar-refractivity contribution in [3.63, 3.8) is 0 Å². The standard InChI is InChI=1S/C5H9N3OS/c6-8-7-1-2-10-5-3-9-4-5/h5H,1-4H2. The second-order valence-corrected chi connectivity index (χ2v) is 3.39. The first kappa shape index (κ1) is 7.72. The zero-order valence-corrected chi connectivity index (χ0v) is 6.38. The van der Waals surface area contributed by atoms with Crippen LogP contribution in [-0.4, -0.2) is 30.8 Å². The molecule has 1 aliphatic rings. The van der Waals surface area contributed by atoms with Crippen molar-refractivity contribution in [2.75, 3.05) is 25.5 Å². The van der Waals surface area contributed by atoms with Gasteiger partial charge in [-0.3, -0.25) is 0 Å². The molecule has 0 amide bonds. The van der Waals surface area contributed by atoms with E-state index in [-0.39, 0.29) is 0 Å². The number of thioether (sulfide) groups is 1. The van der Waals surface area contributed by atoms with E-state index < -0.39 is 0 Å². The summed E-state index contributed by atoms with van der Waals surface area (Å²) in [5.41, 5.74) is 7.93. The fourth-order valence-electron chi connectivity index (χ4n) is 0.615. The van der Waals surface area contributed by atoms with Gasteiger partial charge in [-0.15, -0.1) is 0 Å². The maximum Gasteiger partial charge on any atom is 0.0607 e. The summed E-state index contributed by atoms with van der Waals surface area (Å²) in [6.07, 6.45) is 0.